The lowest BCUT2D eigenvalue weighted by molar-refractivity contribution is -0.123. The van der Waals surface area contributed by atoms with Crippen LogP contribution in [0, 0.1) is 0 Å². The molecule has 1 amide bonds. The summed E-state index contributed by atoms with van der Waals surface area (Å²) in [5.41, 5.74) is 0.596. The maximum absolute atomic E-state index is 12.1. The number of amides is 1. The normalized spacial score (nSPS) is 11.6. The first-order chi connectivity index (χ1) is 12.4. The van der Waals surface area contributed by atoms with E-state index in [9.17, 15) is 18.4 Å². The van der Waals surface area contributed by atoms with E-state index in [1.807, 2.05) is 0 Å². The topological polar surface area (TPSA) is 73.9 Å². The Hall–Kier alpha value is -3.16. The molecular weight excluding hydrogens is 348 g/mol. The Morgan fingerprint density at radius 1 is 1.04 bits per heavy atom. The van der Waals surface area contributed by atoms with Crippen LogP contribution >= 0.6 is 0 Å². The molecule has 138 valence electrons. The fraction of sp³-hybridized carbons (Fsp3) is 0.222. The number of hydrogen-bond acceptors (Lipinski definition) is 5. The molecule has 0 fully saturated rings. The molecule has 2 aromatic rings. The number of carbonyl (C=O) groups excluding carboxylic acids is 2. The SMILES string of the molecule is COc1cccc(NC(=O)[C@H](C)OC(=O)c2ccc(OC(F)F)cc2)c1. The van der Waals surface area contributed by atoms with Crippen LogP contribution in [0.4, 0.5) is 14.5 Å². The Morgan fingerprint density at radius 3 is 2.35 bits per heavy atom. The van der Waals surface area contributed by atoms with Crippen LogP contribution in [0.3, 0.4) is 0 Å². The smallest absolute Gasteiger partial charge is 0.387 e. The first kappa shape index (κ1) is 19.2. The molecule has 0 heterocycles. The van der Waals surface area contributed by atoms with Crippen molar-refractivity contribution in [3.63, 3.8) is 0 Å². The van der Waals surface area contributed by atoms with Crippen molar-refractivity contribution in [1.29, 1.82) is 0 Å². The van der Waals surface area contributed by atoms with Gasteiger partial charge in [-0.3, -0.25) is 4.79 Å². The van der Waals surface area contributed by atoms with Crippen LogP contribution in [-0.2, 0) is 9.53 Å². The highest BCUT2D eigenvalue weighted by molar-refractivity contribution is 5.97. The molecule has 0 aliphatic rings. The molecule has 2 rings (SSSR count). The fourth-order valence-corrected chi connectivity index (χ4v) is 2.00. The summed E-state index contributed by atoms with van der Waals surface area (Å²) in [7, 11) is 1.50. The van der Waals surface area contributed by atoms with E-state index in [0.29, 0.717) is 11.4 Å². The molecule has 0 aliphatic heterocycles. The van der Waals surface area contributed by atoms with Crippen molar-refractivity contribution in [1.82, 2.24) is 0 Å². The van der Waals surface area contributed by atoms with Crippen LogP contribution in [0.15, 0.2) is 48.5 Å². The number of rotatable bonds is 7. The molecule has 1 atom stereocenters. The average molecular weight is 365 g/mol. The Kier molecular flexibility index (Phi) is 6.48. The van der Waals surface area contributed by atoms with Gasteiger partial charge in [-0.05, 0) is 43.3 Å². The van der Waals surface area contributed by atoms with Crippen molar-refractivity contribution in [2.75, 3.05) is 12.4 Å². The molecule has 6 nitrogen and oxygen atoms in total. The minimum absolute atomic E-state index is 0.0830. The summed E-state index contributed by atoms with van der Waals surface area (Å²) in [6.45, 7) is -1.53. The molecule has 26 heavy (non-hydrogen) atoms. The molecule has 0 saturated carbocycles. The van der Waals surface area contributed by atoms with E-state index in [0.717, 1.165) is 0 Å². The van der Waals surface area contributed by atoms with Crippen LogP contribution < -0.4 is 14.8 Å². The van der Waals surface area contributed by atoms with Crippen molar-refractivity contribution in [3.8, 4) is 11.5 Å². The third-order valence-electron chi connectivity index (χ3n) is 3.31. The lowest BCUT2D eigenvalue weighted by Gasteiger charge is -2.14. The number of benzene rings is 2. The van der Waals surface area contributed by atoms with E-state index < -0.39 is 24.6 Å². The van der Waals surface area contributed by atoms with Gasteiger partial charge in [0.05, 0.1) is 12.7 Å². The molecule has 0 saturated heterocycles. The highest BCUT2D eigenvalue weighted by Crippen LogP contribution is 2.18. The van der Waals surface area contributed by atoms with Crippen molar-refractivity contribution < 1.29 is 32.6 Å². The second-order valence-electron chi connectivity index (χ2n) is 5.17. The summed E-state index contributed by atoms with van der Waals surface area (Å²) in [4.78, 5) is 24.2. The van der Waals surface area contributed by atoms with Gasteiger partial charge in [0, 0.05) is 11.8 Å². The number of esters is 1. The number of alkyl halides is 2. The predicted octanol–water partition coefficient (Wildman–Crippen LogP) is 3.48. The monoisotopic (exact) mass is 365 g/mol. The van der Waals surface area contributed by atoms with E-state index in [-0.39, 0.29) is 11.3 Å². The Labute approximate surface area is 148 Å². The molecular formula is C18H17F2NO5. The Bertz CT molecular complexity index is 764. The van der Waals surface area contributed by atoms with E-state index in [2.05, 4.69) is 10.1 Å². The van der Waals surface area contributed by atoms with Crippen molar-refractivity contribution in [3.05, 3.63) is 54.1 Å². The zero-order valence-electron chi connectivity index (χ0n) is 14.1. The highest BCUT2D eigenvalue weighted by atomic mass is 19.3. The summed E-state index contributed by atoms with van der Waals surface area (Å²) in [5.74, 6) is -0.801. The van der Waals surface area contributed by atoms with Gasteiger partial charge in [0.2, 0.25) is 0 Å². The first-order valence-electron chi connectivity index (χ1n) is 7.60. The summed E-state index contributed by atoms with van der Waals surface area (Å²) < 4.78 is 38.5. The number of nitrogens with one attached hydrogen (secondary N) is 1. The summed E-state index contributed by atoms with van der Waals surface area (Å²) >= 11 is 0. The third-order valence-corrected chi connectivity index (χ3v) is 3.31. The standard InChI is InChI=1S/C18H17F2NO5/c1-11(16(22)21-13-4-3-5-15(10-13)24-2)25-17(23)12-6-8-14(9-7-12)26-18(19)20/h3-11,18H,1-2H3,(H,21,22)/t11-/m0/s1. The quantitative estimate of drug-likeness (QED) is 0.761. The maximum atomic E-state index is 12.1. The lowest BCUT2D eigenvalue weighted by Crippen LogP contribution is -2.30. The van der Waals surface area contributed by atoms with E-state index in [4.69, 9.17) is 9.47 Å². The van der Waals surface area contributed by atoms with Gasteiger partial charge in [0.1, 0.15) is 11.5 Å². The molecule has 0 aliphatic carbocycles. The number of ether oxygens (including phenoxy) is 3. The van der Waals surface area contributed by atoms with Gasteiger partial charge in [0.25, 0.3) is 5.91 Å². The fourth-order valence-electron chi connectivity index (χ4n) is 2.00. The Balaban J connectivity index is 1.94. The molecule has 0 bridgehead atoms. The second kappa shape index (κ2) is 8.80. The van der Waals surface area contributed by atoms with Gasteiger partial charge in [-0.1, -0.05) is 6.07 Å². The van der Waals surface area contributed by atoms with Crippen LogP contribution in [0.1, 0.15) is 17.3 Å². The van der Waals surface area contributed by atoms with Crippen LogP contribution in [-0.4, -0.2) is 31.7 Å². The van der Waals surface area contributed by atoms with Crippen molar-refractivity contribution >= 4 is 17.6 Å². The van der Waals surface area contributed by atoms with E-state index in [1.54, 1.807) is 24.3 Å². The Morgan fingerprint density at radius 2 is 1.73 bits per heavy atom. The van der Waals surface area contributed by atoms with E-state index in [1.165, 1.54) is 38.3 Å². The van der Waals surface area contributed by atoms with Crippen molar-refractivity contribution in [2.45, 2.75) is 19.6 Å². The maximum Gasteiger partial charge on any atom is 0.387 e. The predicted molar refractivity (Wildman–Crippen MR) is 89.6 cm³/mol. The molecule has 0 radical (unpaired) electrons. The van der Waals surface area contributed by atoms with Crippen molar-refractivity contribution in [2.24, 2.45) is 0 Å². The largest absolute Gasteiger partial charge is 0.497 e. The first-order valence-corrected chi connectivity index (χ1v) is 7.60. The highest BCUT2D eigenvalue weighted by Gasteiger charge is 2.19. The molecule has 0 unspecified atom stereocenters. The van der Waals surface area contributed by atoms with Gasteiger partial charge in [-0.25, -0.2) is 4.79 Å². The summed E-state index contributed by atoms with van der Waals surface area (Å²) in [6.07, 6.45) is -1.06. The van der Waals surface area contributed by atoms with Gasteiger partial charge in [0.15, 0.2) is 6.10 Å². The van der Waals surface area contributed by atoms with E-state index >= 15 is 0 Å². The average Bonchev–Trinajstić information content (AvgIpc) is 2.61. The molecule has 0 aromatic heterocycles. The molecule has 2 aromatic carbocycles. The summed E-state index contributed by atoms with van der Waals surface area (Å²) in [6, 6.07) is 11.7. The van der Waals surface area contributed by atoms with Gasteiger partial charge in [-0.15, -0.1) is 0 Å². The number of halogens is 2. The van der Waals surface area contributed by atoms with Gasteiger partial charge < -0.3 is 19.5 Å². The molecule has 0 spiro atoms. The summed E-state index contributed by atoms with van der Waals surface area (Å²) in [5, 5.41) is 2.60. The minimum atomic E-state index is -2.95. The number of carbonyl (C=O) groups is 2. The number of anilines is 1. The van der Waals surface area contributed by atoms with Crippen LogP contribution in [0.2, 0.25) is 0 Å². The van der Waals surface area contributed by atoms with Gasteiger partial charge in [-0.2, -0.15) is 8.78 Å². The third kappa shape index (κ3) is 5.44. The molecule has 8 heteroatoms. The molecule has 1 N–H and O–H groups in total. The minimum Gasteiger partial charge on any atom is -0.497 e. The van der Waals surface area contributed by atoms with Crippen LogP contribution in [0.5, 0.6) is 11.5 Å². The number of hydrogen-bond donors (Lipinski definition) is 1. The zero-order valence-corrected chi connectivity index (χ0v) is 14.1. The second-order valence-corrected chi connectivity index (χ2v) is 5.17. The van der Waals surface area contributed by atoms with Gasteiger partial charge >= 0.3 is 12.6 Å². The van der Waals surface area contributed by atoms with Crippen LogP contribution in [0.25, 0.3) is 0 Å². The zero-order chi connectivity index (χ0) is 19.1. The lowest BCUT2D eigenvalue weighted by atomic mass is 10.2. The number of methoxy groups -OCH3 is 1.